The number of rotatable bonds is 5. The molecule has 0 radical (unpaired) electrons. The minimum absolute atomic E-state index is 0. The molecule has 1 aromatic rings. The van der Waals surface area contributed by atoms with E-state index in [9.17, 15) is 0 Å². The lowest BCUT2D eigenvalue weighted by molar-refractivity contribution is 0.134. The lowest BCUT2D eigenvalue weighted by Crippen LogP contribution is -2.52. The van der Waals surface area contributed by atoms with Crippen molar-refractivity contribution >= 4 is 29.9 Å². The zero-order chi connectivity index (χ0) is 19.1. The van der Waals surface area contributed by atoms with Gasteiger partial charge in [0.05, 0.1) is 0 Å². The van der Waals surface area contributed by atoms with E-state index >= 15 is 0 Å². The number of nitrogens with zero attached hydrogens (tertiary/aromatic N) is 3. The molecule has 1 aromatic carbocycles. The third kappa shape index (κ3) is 7.19. The number of hydrogen-bond acceptors (Lipinski definition) is 3. The molecule has 2 fully saturated rings. The van der Waals surface area contributed by atoms with Gasteiger partial charge in [0.2, 0.25) is 0 Å². The van der Waals surface area contributed by atoms with Crippen LogP contribution in [0.3, 0.4) is 0 Å². The zero-order valence-electron chi connectivity index (χ0n) is 17.7. The summed E-state index contributed by atoms with van der Waals surface area (Å²) in [7, 11) is 4.10. The molecule has 0 amide bonds. The van der Waals surface area contributed by atoms with Gasteiger partial charge in [-0.25, -0.2) is 0 Å². The standard InChI is InChI=1S/C22H37N5.HI/c1-18-15-21(11-14-27(18)17-20-7-5-4-6-8-20)25-22(23-2)24-16-19-9-12-26(3)13-10-19;/h4-8,18-19,21H,9-17H2,1-3H3,(H2,23,24,25);1H. The number of aliphatic imine (C=N–C) groups is 1. The lowest BCUT2D eigenvalue weighted by atomic mass is 9.97. The van der Waals surface area contributed by atoms with Crippen molar-refractivity contribution in [2.24, 2.45) is 10.9 Å². The fourth-order valence-corrected chi connectivity index (χ4v) is 4.30. The normalized spacial score (nSPS) is 25.2. The Labute approximate surface area is 188 Å². The average Bonchev–Trinajstić information content (AvgIpc) is 2.69. The van der Waals surface area contributed by atoms with Crippen LogP contribution in [0.1, 0.15) is 38.2 Å². The maximum atomic E-state index is 4.46. The van der Waals surface area contributed by atoms with Gasteiger partial charge >= 0.3 is 0 Å². The Balaban J connectivity index is 0.00000280. The first kappa shape index (κ1) is 23.4. The van der Waals surface area contributed by atoms with Gasteiger partial charge < -0.3 is 15.5 Å². The molecular weight excluding hydrogens is 461 g/mol. The van der Waals surface area contributed by atoms with Crippen LogP contribution in [0.2, 0.25) is 0 Å². The van der Waals surface area contributed by atoms with E-state index in [1.807, 2.05) is 7.05 Å². The number of nitrogens with one attached hydrogen (secondary N) is 2. The van der Waals surface area contributed by atoms with E-state index in [1.165, 1.54) is 44.3 Å². The molecule has 0 aliphatic carbocycles. The summed E-state index contributed by atoms with van der Waals surface area (Å²) in [4.78, 5) is 9.49. The first-order valence-electron chi connectivity index (χ1n) is 10.6. The number of likely N-dealkylation sites (tertiary alicyclic amines) is 2. The molecule has 0 saturated carbocycles. The van der Waals surface area contributed by atoms with E-state index in [-0.39, 0.29) is 24.0 Å². The molecular formula is C22H38IN5. The first-order valence-corrected chi connectivity index (χ1v) is 10.6. The van der Waals surface area contributed by atoms with Crippen molar-refractivity contribution in [1.29, 1.82) is 0 Å². The summed E-state index contributed by atoms with van der Waals surface area (Å²) in [5.74, 6) is 1.74. The Hall–Kier alpha value is -0.860. The summed E-state index contributed by atoms with van der Waals surface area (Å²) in [6.45, 7) is 8.02. The predicted octanol–water partition coefficient (Wildman–Crippen LogP) is 3.16. The third-order valence-electron chi connectivity index (χ3n) is 6.20. The van der Waals surface area contributed by atoms with E-state index in [0.29, 0.717) is 12.1 Å². The molecule has 2 aliphatic rings. The van der Waals surface area contributed by atoms with Crippen LogP contribution < -0.4 is 10.6 Å². The number of guanidine groups is 1. The first-order chi connectivity index (χ1) is 13.1. The van der Waals surface area contributed by atoms with Crippen LogP contribution in [0.4, 0.5) is 0 Å². The van der Waals surface area contributed by atoms with Gasteiger partial charge in [-0.05, 0) is 64.2 Å². The summed E-state index contributed by atoms with van der Waals surface area (Å²) in [6.07, 6.45) is 4.92. The van der Waals surface area contributed by atoms with E-state index in [1.54, 1.807) is 0 Å². The molecule has 0 aromatic heterocycles. The van der Waals surface area contributed by atoms with Crippen molar-refractivity contribution in [1.82, 2.24) is 20.4 Å². The number of piperidine rings is 2. The molecule has 2 atom stereocenters. The molecule has 2 unspecified atom stereocenters. The second kappa shape index (κ2) is 12.0. The second-order valence-electron chi connectivity index (χ2n) is 8.37. The van der Waals surface area contributed by atoms with Gasteiger partial charge in [-0.3, -0.25) is 9.89 Å². The highest BCUT2D eigenvalue weighted by atomic mass is 127. The summed E-state index contributed by atoms with van der Waals surface area (Å²) >= 11 is 0. The van der Waals surface area contributed by atoms with Gasteiger partial charge in [0.1, 0.15) is 0 Å². The van der Waals surface area contributed by atoms with Crippen LogP contribution in [0.5, 0.6) is 0 Å². The molecule has 28 heavy (non-hydrogen) atoms. The summed E-state index contributed by atoms with van der Waals surface area (Å²) < 4.78 is 0. The Bertz CT molecular complexity index is 586. The lowest BCUT2D eigenvalue weighted by Gasteiger charge is -2.38. The SMILES string of the molecule is CN=C(NCC1CCN(C)CC1)NC1CCN(Cc2ccccc2)C(C)C1.I. The number of hydrogen-bond donors (Lipinski definition) is 2. The third-order valence-corrected chi connectivity index (χ3v) is 6.20. The fraction of sp³-hybridized carbons (Fsp3) is 0.682. The van der Waals surface area contributed by atoms with Crippen LogP contribution >= 0.6 is 24.0 Å². The van der Waals surface area contributed by atoms with E-state index in [2.05, 4.69) is 69.7 Å². The van der Waals surface area contributed by atoms with Crippen LogP contribution in [0.25, 0.3) is 0 Å². The Morgan fingerprint density at radius 2 is 1.82 bits per heavy atom. The summed E-state index contributed by atoms with van der Waals surface area (Å²) in [6, 6.07) is 11.9. The molecule has 2 heterocycles. The minimum atomic E-state index is 0. The van der Waals surface area contributed by atoms with Crippen molar-refractivity contribution in [3.63, 3.8) is 0 Å². The topological polar surface area (TPSA) is 42.9 Å². The maximum Gasteiger partial charge on any atom is 0.191 e. The van der Waals surface area contributed by atoms with Crippen LogP contribution in [0.15, 0.2) is 35.3 Å². The smallest absolute Gasteiger partial charge is 0.191 e. The van der Waals surface area contributed by atoms with Crippen LogP contribution in [-0.2, 0) is 6.54 Å². The average molecular weight is 499 g/mol. The van der Waals surface area contributed by atoms with E-state index in [4.69, 9.17) is 0 Å². The molecule has 158 valence electrons. The van der Waals surface area contributed by atoms with E-state index in [0.717, 1.165) is 31.5 Å². The molecule has 5 nitrogen and oxygen atoms in total. The predicted molar refractivity (Wildman–Crippen MR) is 129 cm³/mol. The van der Waals surface area contributed by atoms with Crippen LogP contribution in [-0.4, -0.2) is 68.1 Å². The highest BCUT2D eigenvalue weighted by Gasteiger charge is 2.26. The van der Waals surface area contributed by atoms with Gasteiger partial charge in [-0.2, -0.15) is 0 Å². The minimum Gasteiger partial charge on any atom is -0.356 e. The Morgan fingerprint density at radius 3 is 2.46 bits per heavy atom. The Kier molecular flexibility index (Phi) is 10.0. The highest BCUT2D eigenvalue weighted by Crippen LogP contribution is 2.20. The highest BCUT2D eigenvalue weighted by molar-refractivity contribution is 14.0. The number of benzene rings is 1. The second-order valence-corrected chi connectivity index (χ2v) is 8.37. The summed E-state index contributed by atoms with van der Waals surface area (Å²) in [5.41, 5.74) is 1.41. The summed E-state index contributed by atoms with van der Waals surface area (Å²) in [5, 5.41) is 7.24. The van der Waals surface area contributed by atoms with Gasteiger partial charge in [-0.1, -0.05) is 30.3 Å². The number of halogens is 1. The van der Waals surface area contributed by atoms with Gasteiger partial charge in [-0.15, -0.1) is 24.0 Å². The van der Waals surface area contributed by atoms with Crippen molar-refractivity contribution < 1.29 is 0 Å². The van der Waals surface area contributed by atoms with Crippen molar-refractivity contribution in [2.75, 3.05) is 40.3 Å². The maximum absolute atomic E-state index is 4.46. The van der Waals surface area contributed by atoms with Crippen LogP contribution in [0, 0.1) is 5.92 Å². The van der Waals surface area contributed by atoms with Gasteiger partial charge in [0, 0.05) is 38.8 Å². The molecule has 3 rings (SSSR count). The fourth-order valence-electron chi connectivity index (χ4n) is 4.30. The Morgan fingerprint density at radius 1 is 1.11 bits per heavy atom. The molecule has 2 saturated heterocycles. The molecule has 0 spiro atoms. The van der Waals surface area contributed by atoms with Crippen molar-refractivity contribution in [2.45, 2.75) is 51.2 Å². The quantitative estimate of drug-likeness (QED) is 0.371. The monoisotopic (exact) mass is 499 g/mol. The van der Waals surface area contributed by atoms with Crippen molar-refractivity contribution in [3.8, 4) is 0 Å². The molecule has 2 aliphatic heterocycles. The van der Waals surface area contributed by atoms with Crippen molar-refractivity contribution in [3.05, 3.63) is 35.9 Å². The van der Waals surface area contributed by atoms with Gasteiger partial charge in [0.15, 0.2) is 5.96 Å². The largest absolute Gasteiger partial charge is 0.356 e. The molecule has 0 bridgehead atoms. The molecule has 2 N–H and O–H groups in total. The van der Waals surface area contributed by atoms with Gasteiger partial charge in [0.25, 0.3) is 0 Å². The van der Waals surface area contributed by atoms with E-state index < -0.39 is 0 Å². The zero-order valence-corrected chi connectivity index (χ0v) is 20.1. The molecule has 6 heteroatoms.